The second-order valence-electron chi connectivity index (χ2n) is 5.85. The van der Waals surface area contributed by atoms with Crippen molar-refractivity contribution in [1.82, 2.24) is 15.1 Å². The SMILES string of the molecule is CCC(CC)NC(=O)C(C)N1CCN(C(C)CN)CC1. The van der Waals surface area contributed by atoms with Gasteiger partial charge >= 0.3 is 0 Å². The van der Waals surface area contributed by atoms with Crippen molar-refractivity contribution in [3.05, 3.63) is 0 Å². The molecule has 0 spiro atoms. The number of nitrogens with two attached hydrogens (primary N) is 1. The first-order chi connectivity index (χ1) is 9.53. The zero-order valence-electron chi connectivity index (χ0n) is 13.6. The fourth-order valence-corrected chi connectivity index (χ4v) is 2.69. The first kappa shape index (κ1) is 17.4. The van der Waals surface area contributed by atoms with Crippen molar-refractivity contribution in [1.29, 1.82) is 0 Å². The summed E-state index contributed by atoms with van der Waals surface area (Å²) in [6.07, 6.45) is 1.99. The van der Waals surface area contributed by atoms with Crippen molar-refractivity contribution in [3.8, 4) is 0 Å². The third kappa shape index (κ3) is 4.72. The van der Waals surface area contributed by atoms with Crippen molar-refractivity contribution in [3.63, 3.8) is 0 Å². The topological polar surface area (TPSA) is 61.6 Å². The fourth-order valence-electron chi connectivity index (χ4n) is 2.69. The number of hydrogen-bond acceptors (Lipinski definition) is 4. The molecule has 2 unspecified atom stereocenters. The maximum Gasteiger partial charge on any atom is 0.237 e. The van der Waals surface area contributed by atoms with E-state index in [4.69, 9.17) is 5.73 Å². The Morgan fingerprint density at radius 3 is 2.05 bits per heavy atom. The normalized spacial score (nSPS) is 20.9. The molecule has 1 aliphatic rings. The lowest BCUT2D eigenvalue weighted by Gasteiger charge is -2.40. The van der Waals surface area contributed by atoms with Gasteiger partial charge in [0.1, 0.15) is 0 Å². The highest BCUT2D eigenvalue weighted by atomic mass is 16.2. The Bertz CT molecular complexity index is 286. The molecule has 0 aromatic heterocycles. The summed E-state index contributed by atoms with van der Waals surface area (Å²) in [4.78, 5) is 16.9. The monoisotopic (exact) mass is 284 g/mol. The van der Waals surface area contributed by atoms with Gasteiger partial charge in [-0.2, -0.15) is 0 Å². The van der Waals surface area contributed by atoms with E-state index in [0.717, 1.165) is 39.0 Å². The van der Waals surface area contributed by atoms with Crippen LogP contribution in [0.5, 0.6) is 0 Å². The minimum Gasteiger partial charge on any atom is -0.352 e. The summed E-state index contributed by atoms with van der Waals surface area (Å²) < 4.78 is 0. The number of nitrogens with zero attached hydrogens (tertiary/aromatic N) is 2. The molecule has 1 aliphatic heterocycles. The average Bonchev–Trinajstić information content (AvgIpc) is 2.50. The number of piperazine rings is 1. The van der Waals surface area contributed by atoms with Crippen molar-refractivity contribution < 1.29 is 4.79 Å². The molecule has 3 N–H and O–H groups in total. The van der Waals surface area contributed by atoms with Crippen molar-refractivity contribution in [2.24, 2.45) is 5.73 Å². The van der Waals surface area contributed by atoms with Crippen LogP contribution in [0.15, 0.2) is 0 Å². The molecule has 0 bridgehead atoms. The number of nitrogens with one attached hydrogen (secondary N) is 1. The molecule has 1 saturated heterocycles. The Kier molecular flexibility index (Phi) is 7.48. The minimum absolute atomic E-state index is 0.0362. The molecule has 20 heavy (non-hydrogen) atoms. The van der Waals surface area contributed by atoms with Crippen LogP contribution in [0.25, 0.3) is 0 Å². The standard InChI is InChI=1S/C15H32N4O/c1-5-14(6-2)17-15(20)13(4)19-9-7-18(8-10-19)12(3)11-16/h12-14H,5-11,16H2,1-4H3,(H,17,20). The third-order valence-electron chi connectivity index (χ3n) is 4.57. The first-order valence-electron chi connectivity index (χ1n) is 8.01. The smallest absolute Gasteiger partial charge is 0.237 e. The predicted molar refractivity (Wildman–Crippen MR) is 83.6 cm³/mol. The quantitative estimate of drug-likeness (QED) is 0.720. The highest BCUT2D eigenvalue weighted by molar-refractivity contribution is 5.81. The molecule has 1 fully saturated rings. The van der Waals surface area contributed by atoms with E-state index >= 15 is 0 Å². The molecule has 5 nitrogen and oxygen atoms in total. The molecule has 0 aromatic rings. The summed E-state index contributed by atoms with van der Waals surface area (Å²) in [5.41, 5.74) is 5.71. The van der Waals surface area contributed by atoms with Gasteiger partial charge in [-0.1, -0.05) is 13.8 Å². The summed E-state index contributed by atoms with van der Waals surface area (Å²) in [6.45, 7) is 13.0. The molecular formula is C15H32N4O. The van der Waals surface area contributed by atoms with Gasteiger partial charge in [-0.05, 0) is 26.7 Å². The van der Waals surface area contributed by atoms with Crippen LogP contribution in [-0.2, 0) is 4.79 Å². The second kappa shape index (κ2) is 8.60. The lowest BCUT2D eigenvalue weighted by atomic mass is 10.1. The van der Waals surface area contributed by atoms with Gasteiger partial charge in [0.05, 0.1) is 6.04 Å². The summed E-state index contributed by atoms with van der Waals surface area (Å²) in [6, 6.07) is 0.709. The van der Waals surface area contributed by atoms with Gasteiger partial charge in [-0.3, -0.25) is 14.6 Å². The summed E-state index contributed by atoms with van der Waals surface area (Å²) in [7, 11) is 0. The zero-order chi connectivity index (χ0) is 15.1. The Morgan fingerprint density at radius 1 is 1.10 bits per heavy atom. The molecule has 1 heterocycles. The number of carbonyl (C=O) groups is 1. The van der Waals surface area contributed by atoms with Crippen LogP contribution in [0, 0.1) is 0 Å². The predicted octanol–water partition coefficient (Wildman–Crippen LogP) is 0.645. The van der Waals surface area contributed by atoms with E-state index in [0.29, 0.717) is 18.6 Å². The number of rotatable bonds is 7. The number of carbonyl (C=O) groups excluding carboxylic acids is 1. The van der Waals surface area contributed by atoms with Gasteiger partial charge in [0, 0.05) is 44.8 Å². The van der Waals surface area contributed by atoms with E-state index in [2.05, 4.69) is 35.9 Å². The highest BCUT2D eigenvalue weighted by Crippen LogP contribution is 2.09. The average molecular weight is 284 g/mol. The van der Waals surface area contributed by atoms with E-state index in [1.165, 1.54) is 0 Å². The van der Waals surface area contributed by atoms with Crippen LogP contribution in [0.3, 0.4) is 0 Å². The van der Waals surface area contributed by atoms with Gasteiger partial charge < -0.3 is 11.1 Å². The minimum atomic E-state index is -0.0362. The Labute approximate surface area is 123 Å². The van der Waals surface area contributed by atoms with Crippen molar-refractivity contribution in [2.75, 3.05) is 32.7 Å². The van der Waals surface area contributed by atoms with E-state index in [9.17, 15) is 4.79 Å². The Balaban J connectivity index is 2.42. The fraction of sp³-hybridized carbons (Fsp3) is 0.933. The third-order valence-corrected chi connectivity index (χ3v) is 4.57. The summed E-state index contributed by atoms with van der Waals surface area (Å²) in [5.74, 6) is 0.166. The zero-order valence-corrected chi connectivity index (χ0v) is 13.6. The molecule has 118 valence electrons. The van der Waals surface area contributed by atoms with Crippen LogP contribution in [0.1, 0.15) is 40.5 Å². The van der Waals surface area contributed by atoms with Gasteiger partial charge in [0.2, 0.25) is 5.91 Å². The Hall–Kier alpha value is -0.650. The van der Waals surface area contributed by atoms with E-state index in [1.54, 1.807) is 0 Å². The van der Waals surface area contributed by atoms with E-state index in [1.807, 2.05) is 6.92 Å². The first-order valence-corrected chi connectivity index (χ1v) is 8.01. The molecule has 1 rings (SSSR count). The van der Waals surface area contributed by atoms with Crippen LogP contribution in [-0.4, -0.2) is 66.6 Å². The van der Waals surface area contributed by atoms with Gasteiger partial charge in [-0.25, -0.2) is 0 Å². The van der Waals surface area contributed by atoms with Crippen LogP contribution >= 0.6 is 0 Å². The molecule has 2 atom stereocenters. The van der Waals surface area contributed by atoms with Crippen LogP contribution in [0.2, 0.25) is 0 Å². The molecule has 0 aromatic carbocycles. The lowest BCUT2D eigenvalue weighted by molar-refractivity contribution is -0.127. The number of amides is 1. The maximum absolute atomic E-state index is 12.3. The van der Waals surface area contributed by atoms with Gasteiger partial charge in [-0.15, -0.1) is 0 Å². The van der Waals surface area contributed by atoms with Crippen molar-refractivity contribution >= 4 is 5.91 Å². The maximum atomic E-state index is 12.3. The molecule has 0 saturated carbocycles. The highest BCUT2D eigenvalue weighted by Gasteiger charge is 2.27. The Morgan fingerprint density at radius 2 is 1.60 bits per heavy atom. The van der Waals surface area contributed by atoms with E-state index in [-0.39, 0.29) is 11.9 Å². The van der Waals surface area contributed by atoms with Crippen LogP contribution < -0.4 is 11.1 Å². The van der Waals surface area contributed by atoms with E-state index < -0.39 is 0 Å². The molecule has 0 radical (unpaired) electrons. The molecule has 0 aliphatic carbocycles. The summed E-state index contributed by atoms with van der Waals surface area (Å²) in [5, 5.41) is 3.14. The lowest BCUT2D eigenvalue weighted by Crippen LogP contribution is -2.57. The summed E-state index contributed by atoms with van der Waals surface area (Å²) >= 11 is 0. The van der Waals surface area contributed by atoms with Gasteiger partial charge in [0.15, 0.2) is 0 Å². The molecular weight excluding hydrogens is 252 g/mol. The van der Waals surface area contributed by atoms with Gasteiger partial charge in [0.25, 0.3) is 0 Å². The second-order valence-corrected chi connectivity index (χ2v) is 5.85. The number of hydrogen-bond donors (Lipinski definition) is 2. The molecule has 1 amide bonds. The van der Waals surface area contributed by atoms with Crippen LogP contribution in [0.4, 0.5) is 0 Å². The van der Waals surface area contributed by atoms with Crippen molar-refractivity contribution in [2.45, 2.75) is 58.7 Å². The largest absolute Gasteiger partial charge is 0.352 e. The molecule has 5 heteroatoms.